The van der Waals surface area contributed by atoms with E-state index in [4.69, 9.17) is 0 Å². The SMILES string of the molecule is [Br-].c1ccc(C[P+](c2ccccc2)(c2ccccc2)c2ccc3ccccc3c2-c2c([P+](Cc3ccccc3)(c3ccccc3)c3ccccc3)ccc3ccccc23)cc1. The third kappa shape index (κ3) is 7.47. The van der Waals surface area contributed by atoms with Crippen molar-refractivity contribution >= 4 is 67.9 Å². The van der Waals surface area contributed by atoms with E-state index < -0.39 is 14.5 Å². The Morgan fingerprint density at radius 2 is 0.508 bits per heavy atom. The van der Waals surface area contributed by atoms with E-state index in [1.807, 2.05) is 0 Å². The first-order chi connectivity index (χ1) is 29.8. The highest BCUT2D eigenvalue weighted by Gasteiger charge is 2.51. The first-order valence-electron chi connectivity index (χ1n) is 20.9. The molecule has 0 radical (unpaired) electrons. The van der Waals surface area contributed by atoms with Gasteiger partial charge in [-0.25, -0.2) is 0 Å². The van der Waals surface area contributed by atoms with Crippen molar-refractivity contribution in [2.75, 3.05) is 0 Å². The summed E-state index contributed by atoms with van der Waals surface area (Å²) in [6.07, 6.45) is 1.80. The molecule has 0 nitrogen and oxygen atoms in total. The van der Waals surface area contributed by atoms with Crippen molar-refractivity contribution in [3.8, 4) is 11.1 Å². The predicted molar refractivity (Wildman–Crippen MR) is 265 cm³/mol. The maximum absolute atomic E-state index is 2.52. The van der Waals surface area contributed by atoms with Crippen LogP contribution in [0.5, 0.6) is 0 Å². The molecule has 0 spiro atoms. The molecule has 10 rings (SSSR count). The molecule has 0 atom stereocenters. The van der Waals surface area contributed by atoms with Crippen molar-refractivity contribution in [3.63, 3.8) is 0 Å². The van der Waals surface area contributed by atoms with Gasteiger partial charge in [0.15, 0.2) is 0 Å². The maximum atomic E-state index is 2.52. The summed E-state index contributed by atoms with van der Waals surface area (Å²) in [6, 6.07) is 96.2. The van der Waals surface area contributed by atoms with Gasteiger partial charge in [-0.1, -0.05) is 194 Å². The molecule has 0 amide bonds. The Bertz CT molecular complexity index is 2720. The lowest BCUT2D eigenvalue weighted by molar-refractivity contribution is -0.0000113. The van der Waals surface area contributed by atoms with Crippen LogP contribution in [0, 0.1) is 0 Å². The molecule has 10 aromatic rings. The molecule has 0 aliphatic carbocycles. The summed E-state index contributed by atoms with van der Waals surface area (Å²) in [6.45, 7) is 0. The quantitative estimate of drug-likeness (QED) is 0.114. The molecule has 294 valence electrons. The van der Waals surface area contributed by atoms with Crippen LogP contribution in [0.4, 0.5) is 0 Å². The molecule has 0 fully saturated rings. The van der Waals surface area contributed by atoms with Gasteiger partial charge in [-0.05, 0) is 93.3 Å². The van der Waals surface area contributed by atoms with Gasteiger partial charge < -0.3 is 17.0 Å². The molecule has 0 aliphatic rings. The van der Waals surface area contributed by atoms with Crippen molar-refractivity contribution in [2.45, 2.75) is 12.3 Å². The number of halogens is 1. The lowest BCUT2D eigenvalue weighted by Crippen LogP contribution is -3.00. The van der Waals surface area contributed by atoms with E-state index in [0.29, 0.717) is 0 Å². The van der Waals surface area contributed by atoms with Gasteiger partial charge in [-0.3, -0.25) is 0 Å². The van der Waals surface area contributed by atoms with Crippen LogP contribution in [-0.4, -0.2) is 0 Å². The van der Waals surface area contributed by atoms with E-state index in [1.165, 1.54) is 75.6 Å². The van der Waals surface area contributed by atoms with Gasteiger partial charge in [0.2, 0.25) is 0 Å². The van der Waals surface area contributed by atoms with Crippen LogP contribution in [0.25, 0.3) is 32.7 Å². The zero-order valence-electron chi connectivity index (χ0n) is 33.9. The largest absolute Gasteiger partial charge is 1.00 e. The summed E-state index contributed by atoms with van der Waals surface area (Å²) in [5.41, 5.74) is 5.38. The number of fused-ring (bicyclic) bond motifs is 2. The van der Waals surface area contributed by atoms with Gasteiger partial charge in [-0.2, -0.15) is 0 Å². The van der Waals surface area contributed by atoms with Crippen LogP contribution in [0.3, 0.4) is 0 Å². The molecule has 0 aromatic heterocycles. The van der Waals surface area contributed by atoms with Gasteiger partial charge in [0.1, 0.15) is 46.4 Å². The van der Waals surface area contributed by atoms with Crippen molar-refractivity contribution in [1.82, 2.24) is 0 Å². The highest BCUT2D eigenvalue weighted by Crippen LogP contribution is 2.64. The molecule has 0 saturated carbocycles. The van der Waals surface area contributed by atoms with Crippen LogP contribution < -0.4 is 48.8 Å². The molecule has 0 heterocycles. The second-order valence-electron chi connectivity index (χ2n) is 15.6. The second-order valence-corrected chi connectivity index (χ2v) is 22.5. The van der Waals surface area contributed by atoms with Gasteiger partial charge in [0, 0.05) is 11.1 Å². The summed E-state index contributed by atoms with van der Waals surface area (Å²) >= 11 is 0. The highest BCUT2D eigenvalue weighted by molar-refractivity contribution is 7.96. The van der Waals surface area contributed by atoms with Gasteiger partial charge in [0.25, 0.3) is 0 Å². The van der Waals surface area contributed by atoms with Crippen LogP contribution in [-0.2, 0) is 12.3 Å². The number of hydrogen-bond donors (Lipinski definition) is 0. The number of benzene rings is 10. The zero-order valence-corrected chi connectivity index (χ0v) is 37.3. The molecule has 10 aromatic carbocycles. The van der Waals surface area contributed by atoms with E-state index in [9.17, 15) is 0 Å². The fourth-order valence-electron chi connectivity index (χ4n) is 9.52. The van der Waals surface area contributed by atoms with Crippen LogP contribution in [0.2, 0.25) is 0 Å². The lowest BCUT2D eigenvalue weighted by Gasteiger charge is -2.33. The molecule has 0 saturated heterocycles. The highest BCUT2D eigenvalue weighted by atomic mass is 79.9. The minimum Gasteiger partial charge on any atom is -1.00 e. The summed E-state index contributed by atoms with van der Waals surface area (Å²) in [7, 11) is -4.86. The fraction of sp³-hybridized carbons (Fsp3) is 0.0345. The predicted octanol–water partition coefficient (Wildman–Crippen LogP) is 9.65. The topological polar surface area (TPSA) is 0 Å². The van der Waals surface area contributed by atoms with E-state index in [1.54, 1.807) is 0 Å². The minimum atomic E-state index is -2.43. The Morgan fingerprint density at radius 1 is 0.246 bits per heavy atom. The van der Waals surface area contributed by atoms with Crippen molar-refractivity contribution in [1.29, 1.82) is 0 Å². The summed E-state index contributed by atoms with van der Waals surface area (Å²) in [5, 5.41) is 13.4. The third-order valence-electron chi connectivity index (χ3n) is 12.2. The molecular formula is C58H46BrP2+. The third-order valence-corrected chi connectivity index (χ3v) is 21.0. The minimum absolute atomic E-state index is 0. The smallest absolute Gasteiger partial charge is 0.117 e. The second kappa shape index (κ2) is 18.0. The first-order valence-corrected chi connectivity index (χ1v) is 24.8. The Morgan fingerprint density at radius 3 is 0.820 bits per heavy atom. The van der Waals surface area contributed by atoms with Crippen LogP contribution in [0.15, 0.2) is 255 Å². The normalized spacial score (nSPS) is 11.6. The van der Waals surface area contributed by atoms with Gasteiger partial charge >= 0.3 is 0 Å². The van der Waals surface area contributed by atoms with E-state index in [-0.39, 0.29) is 17.0 Å². The average molecular weight is 885 g/mol. The van der Waals surface area contributed by atoms with Crippen molar-refractivity contribution < 1.29 is 17.0 Å². The van der Waals surface area contributed by atoms with E-state index >= 15 is 0 Å². The Balaban J connectivity index is 0.00000476. The standard InChI is InChI=1S/C58H46P2.BrH/c1-7-23-45(24-8-1)43-59(49-29-11-3-12-30-49,50-31-13-4-14-32-50)55-41-39-47-27-19-21-37-53(47)57(55)58-54-38-22-20-28-48(54)40-42-56(58)60(51-33-15-5-16-34-51,52-35-17-6-18-36-52)44-46-25-9-2-10-26-46;/h1-42H,43-44H2;1H/q+2;/p-1. The molecule has 0 bridgehead atoms. The maximum Gasteiger partial charge on any atom is 0.117 e. The summed E-state index contributed by atoms with van der Waals surface area (Å²) in [4.78, 5) is 0. The molecule has 0 unspecified atom stereocenters. The first kappa shape index (κ1) is 40.5. The van der Waals surface area contributed by atoms with Crippen LogP contribution in [0.1, 0.15) is 11.1 Å². The Labute approximate surface area is 372 Å². The number of rotatable bonds is 11. The van der Waals surface area contributed by atoms with Crippen molar-refractivity contribution in [2.24, 2.45) is 0 Å². The fourth-order valence-corrected chi connectivity index (χ4v) is 18.4. The van der Waals surface area contributed by atoms with E-state index in [0.717, 1.165) is 12.3 Å². The molecular weight excluding hydrogens is 838 g/mol. The van der Waals surface area contributed by atoms with Gasteiger partial charge in [0.05, 0.1) is 12.3 Å². The van der Waals surface area contributed by atoms with Gasteiger partial charge in [-0.15, -0.1) is 0 Å². The van der Waals surface area contributed by atoms with Crippen molar-refractivity contribution in [3.05, 3.63) is 266 Å². The lowest BCUT2D eigenvalue weighted by atomic mass is 9.93. The molecule has 3 heteroatoms. The van der Waals surface area contributed by atoms with E-state index in [2.05, 4.69) is 255 Å². The molecule has 61 heavy (non-hydrogen) atoms. The average Bonchev–Trinajstić information content (AvgIpc) is 3.34. The summed E-state index contributed by atoms with van der Waals surface area (Å²) in [5.74, 6) is 0. The zero-order chi connectivity index (χ0) is 40.2. The number of hydrogen-bond acceptors (Lipinski definition) is 0. The molecule has 0 aliphatic heterocycles. The van der Waals surface area contributed by atoms with Crippen LogP contribution >= 0.6 is 14.5 Å². The Hall–Kier alpha value is -5.94. The Kier molecular flexibility index (Phi) is 11.9. The monoisotopic (exact) mass is 883 g/mol. The molecule has 0 N–H and O–H groups in total. The summed E-state index contributed by atoms with van der Waals surface area (Å²) < 4.78 is 0.